The summed E-state index contributed by atoms with van der Waals surface area (Å²) in [6.07, 6.45) is 0. The van der Waals surface area contributed by atoms with Gasteiger partial charge in [0.05, 0.1) is 0 Å². The van der Waals surface area contributed by atoms with Crippen LogP contribution in [0, 0.1) is 13.8 Å². The van der Waals surface area contributed by atoms with E-state index in [0.29, 0.717) is 13.2 Å². The zero-order valence-corrected chi connectivity index (χ0v) is 12.8. The Balaban J connectivity index is 2.10. The van der Waals surface area contributed by atoms with E-state index >= 15 is 0 Å². The van der Waals surface area contributed by atoms with Crippen LogP contribution in [0.1, 0.15) is 22.3 Å². The number of hydrogen-bond donors (Lipinski definition) is 1. The van der Waals surface area contributed by atoms with Crippen LogP contribution < -0.4 is 10.5 Å². The van der Waals surface area contributed by atoms with Crippen molar-refractivity contribution in [3.05, 3.63) is 63.1 Å². The summed E-state index contributed by atoms with van der Waals surface area (Å²) < 4.78 is 6.95. The monoisotopic (exact) mass is 319 g/mol. The van der Waals surface area contributed by atoms with E-state index in [4.69, 9.17) is 10.5 Å². The molecule has 2 N–H and O–H groups in total. The van der Waals surface area contributed by atoms with Gasteiger partial charge in [0.2, 0.25) is 0 Å². The predicted octanol–water partition coefficient (Wildman–Crippen LogP) is 4.10. The van der Waals surface area contributed by atoms with Crippen molar-refractivity contribution in [3.63, 3.8) is 0 Å². The molecule has 0 aliphatic rings. The molecule has 0 atom stereocenters. The smallest absolute Gasteiger partial charge is 0.122 e. The molecule has 100 valence electrons. The normalized spacial score (nSPS) is 10.5. The fourth-order valence-corrected chi connectivity index (χ4v) is 2.45. The maximum Gasteiger partial charge on any atom is 0.122 e. The molecule has 0 unspecified atom stereocenters. The summed E-state index contributed by atoms with van der Waals surface area (Å²) in [5, 5.41) is 0. The van der Waals surface area contributed by atoms with Crippen molar-refractivity contribution in [2.45, 2.75) is 27.0 Å². The molecule has 2 aromatic carbocycles. The second-order valence-corrected chi connectivity index (χ2v) is 5.58. The Morgan fingerprint density at radius 2 is 1.84 bits per heavy atom. The standard InChI is InChI=1S/C16H18BrNO/c1-11-7-13(9-18)3-4-14(11)10-19-16-6-5-15(17)8-12(16)2/h3-8H,9-10,18H2,1-2H3. The average Bonchev–Trinajstić information content (AvgIpc) is 2.39. The third-order valence-electron chi connectivity index (χ3n) is 3.16. The second-order valence-electron chi connectivity index (χ2n) is 4.66. The van der Waals surface area contributed by atoms with Crippen molar-refractivity contribution < 1.29 is 4.74 Å². The van der Waals surface area contributed by atoms with Gasteiger partial charge in [-0.3, -0.25) is 0 Å². The number of ether oxygens (including phenoxy) is 1. The zero-order chi connectivity index (χ0) is 13.8. The fourth-order valence-electron chi connectivity index (χ4n) is 1.98. The van der Waals surface area contributed by atoms with E-state index in [-0.39, 0.29) is 0 Å². The molecule has 2 aromatic rings. The van der Waals surface area contributed by atoms with Crippen LogP contribution in [0.25, 0.3) is 0 Å². The molecule has 0 saturated heterocycles. The first-order chi connectivity index (χ1) is 9.10. The number of nitrogens with two attached hydrogens (primary N) is 1. The predicted molar refractivity (Wildman–Crippen MR) is 82.3 cm³/mol. The summed E-state index contributed by atoms with van der Waals surface area (Å²) in [7, 11) is 0. The molecule has 0 bridgehead atoms. The first kappa shape index (κ1) is 14.1. The molecular weight excluding hydrogens is 302 g/mol. The van der Waals surface area contributed by atoms with E-state index < -0.39 is 0 Å². The highest BCUT2D eigenvalue weighted by atomic mass is 79.9. The van der Waals surface area contributed by atoms with Crippen LogP contribution in [0.4, 0.5) is 0 Å². The van der Waals surface area contributed by atoms with Gasteiger partial charge in [0.1, 0.15) is 12.4 Å². The van der Waals surface area contributed by atoms with Crippen molar-refractivity contribution in [3.8, 4) is 5.75 Å². The van der Waals surface area contributed by atoms with Gasteiger partial charge in [-0.15, -0.1) is 0 Å². The minimum Gasteiger partial charge on any atom is -0.489 e. The van der Waals surface area contributed by atoms with Gasteiger partial charge in [-0.25, -0.2) is 0 Å². The Morgan fingerprint density at radius 1 is 1.05 bits per heavy atom. The Kier molecular flexibility index (Phi) is 4.61. The lowest BCUT2D eigenvalue weighted by Gasteiger charge is -2.12. The summed E-state index contributed by atoms with van der Waals surface area (Å²) in [5.41, 5.74) is 10.3. The van der Waals surface area contributed by atoms with Gasteiger partial charge in [-0.05, 0) is 54.3 Å². The topological polar surface area (TPSA) is 35.2 Å². The lowest BCUT2D eigenvalue weighted by molar-refractivity contribution is 0.303. The number of halogens is 1. The Hall–Kier alpha value is -1.32. The SMILES string of the molecule is Cc1cc(CN)ccc1COc1ccc(Br)cc1C. The van der Waals surface area contributed by atoms with Crippen molar-refractivity contribution in [1.29, 1.82) is 0 Å². The molecule has 0 aliphatic carbocycles. The van der Waals surface area contributed by atoms with Crippen LogP contribution in [-0.4, -0.2) is 0 Å². The van der Waals surface area contributed by atoms with Gasteiger partial charge in [0.15, 0.2) is 0 Å². The van der Waals surface area contributed by atoms with Crippen LogP contribution in [0.5, 0.6) is 5.75 Å². The molecule has 2 rings (SSSR count). The van der Waals surface area contributed by atoms with Gasteiger partial charge < -0.3 is 10.5 Å². The summed E-state index contributed by atoms with van der Waals surface area (Å²) in [6.45, 7) is 5.30. The van der Waals surface area contributed by atoms with Gasteiger partial charge in [0.25, 0.3) is 0 Å². The van der Waals surface area contributed by atoms with E-state index in [2.05, 4.69) is 47.1 Å². The van der Waals surface area contributed by atoms with Crippen LogP contribution >= 0.6 is 15.9 Å². The van der Waals surface area contributed by atoms with Gasteiger partial charge in [-0.2, -0.15) is 0 Å². The highest BCUT2D eigenvalue weighted by molar-refractivity contribution is 9.10. The van der Waals surface area contributed by atoms with Gasteiger partial charge in [-0.1, -0.05) is 34.1 Å². The molecule has 0 spiro atoms. The average molecular weight is 320 g/mol. The molecule has 0 radical (unpaired) electrons. The largest absolute Gasteiger partial charge is 0.489 e. The van der Waals surface area contributed by atoms with Crippen molar-refractivity contribution in [1.82, 2.24) is 0 Å². The first-order valence-electron chi connectivity index (χ1n) is 6.27. The van der Waals surface area contributed by atoms with E-state index in [1.54, 1.807) is 0 Å². The van der Waals surface area contributed by atoms with Crippen LogP contribution in [0.3, 0.4) is 0 Å². The minimum atomic E-state index is 0.577. The highest BCUT2D eigenvalue weighted by Crippen LogP contribution is 2.23. The molecule has 2 nitrogen and oxygen atoms in total. The van der Waals surface area contributed by atoms with E-state index in [1.807, 2.05) is 19.1 Å². The van der Waals surface area contributed by atoms with Crippen molar-refractivity contribution in [2.75, 3.05) is 0 Å². The number of hydrogen-bond acceptors (Lipinski definition) is 2. The maximum absolute atomic E-state index is 5.88. The summed E-state index contributed by atoms with van der Waals surface area (Å²) in [6, 6.07) is 12.3. The van der Waals surface area contributed by atoms with E-state index in [0.717, 1.165) is 21.3 Å². The Labute approximate surface area is 122 Å². The molecule has 0 saturated carbocycles. The molecule has 0 heterocycles. The molecule has 0 aromatic heterocycles. The fraction of sp³-hybridized carbons (Fsp3) is 0.250. The lowest BCUT2D eigenvalue weighted by Crippen LogP contribution is -2.02. The minimum absolute atomic E-state index is 0.577. The lowest BCUT2D eigenvalue weighted by atomic mass is 10.1. The third kappa shape index (κ3) is 3.58. The second kappa shape index (κ2) is 6.22. The number of benzene rings is 2. The van der Waals surface area contributed by atoms with E-state index in [1.165, 1.54) is 11.1 Å². The quantitative estimate of drug-likeness (QED) is 0.920. The van der Waals surface area contributed by atoms with Gasteiger partial charge >= 0.3 is 0 Å². The Morgan fingerprint density at radius 3 is 2.47 bits per heavy atom. The number of aryl methyl sites for hydroxylation is 2. The maximum atomic E-state index is 5.88. The van der Waals surface area contributed by atoms with Crippen LogP contribution in [-0.2, 0) is 13.2 Å². The van der Waals surface area contributed by atoms with Crippen LogP contribution in [0.15, 0.2) is 40.9 Å². The summed E-state index contributed by atoms with van der Waals surface area (Å²) in [4.78, 5) is 0. The molecular formula is C16H18BrNO. The molecule has 19 heavy (non-hydrogen) atoms. The van der Waals surface area contributed by atoms with Crippen molar-refractivity contribution >= 4 is 15.9 Å². The highest BCUT2D eigenvalue weighted by Gasteiger charge is 2.03. The van der Waals surface area contributed by atoms with E-state index in [9.17, 15) is 0 Å². The number of rotatable bonds is 4. The first-order valence-corrected chi connectivity index (χ1v) is 7.07. The summed E-state index contributed by atoms with van der Waals surface area (Å²) in [5.74, 6) is 0.922. The molecule has 0 fully saturated rings. The Bertz CT molecular complexity index is 581. The van der Waals surface area contributed by atoms with Gasteiger partial charge in [0, 0.05) is 11.0 Å². The zero-order valence-electron chi connectivity index (χ0n) is 11.2. The molecule has 0 aliphatic heterocycles. The van der Waals surface area contributed by atoms with Crippen molar-refractivity contribution in [2.24, 2.45) is 5.73 Å². The molecule has 3 heteroatoms. The third-order valence-corrected chi connectivity index (χ3v) is 3.66. The van der Waals surface area contributed by atoms with Crippen LogP contribution in [0.2, 0.25) is 0 Å². The molecule has 0 amide bonds. The summed E-state index contributed by atoms with van der Waals surface area (Å²) >= 11 is 3.45.